The molecule has 0 atom stereocenters. The molecule has 0 aliphatic heterocycles. The molecular formula is C16H21N3O. The summed E-state index contributed by atoms with van der Waals surface area (Å²) in [7, 11) is 0. The highest BCUT2D eigenvalue weighted by molar-refractivity contribution is 5.53. The molecule has 0 amide bonds. The van der Waals surface area contributed by atoms with E-state index in [1.165, 1.54) is 37.7 Å². The Morgan fingerprint density at radius 2 is 1.80 bits per heavy atom. The van der Waals surface area contributed by atoms with E-state index in [9.17, 15) is 0 Å². The van der Waals surface area contributed by atoms with Crippen LogP contribution in [-0.4, -0.2) is 16.7 Å². The zero-order valence-electron chi connectivity index (χ0n) is 11.7. The Hall–Kier alpha value is -1.68. The van der Waals surface area contributed by atoms with Gasteiger partial charge in [-0.1, -0.05) is 31.4 Å². The van der Waals surface area contributed by atoms with Crippen molar-refractivity contribution in [1.82, 2.24) is 10.2 Å². The molecule has 1 aliphatic carbocycles. The molecule has 1 heterocycles. The van der Waals surface area contributed by atoms with Crippen LogP contribution in [0, 0.1) is 0 Å². The lowest BCUT2D eigenvalue weighted by atomic mass is 9.84. The van der Waals surface area contributed by atoms with E-state index in [1.54, 1.807) is 0 Å². The van der Waals surface area contributed by atoms with E-state index in [1.807, 2.05) is 0 Å². The number of hydrogen-bond acceptors (Lipinski definition) is 4. The fourth-order valence-electron chi connectivity index (χ4n) is 2.93. The molecule has 1 aromatic carbocycles. The van der Waals surface area contributed by atoms with Gasteiger partial charge in [-0.3, -0.25) is 0 Å². The average Bonchev–Trinajstić information content (AvgIpc) is 2.97. The first-order valence-electron chi connectivity index (χ1n) is 7.49. The maximum Gasteiger partial charge on any atom is 0.247 e. The van der Waals surface area contributed by atoms with Gasteiger partial charge in [0.1, 0.15) is 0 Å². The van der Waals surface area contributed by atoms with Crippen molar-refractivity contribution in [3.63, 3.8) is 0 Å². The largest absolute Gasteiger partial charge is 0.421 e. The quantitative estimate of drug-likeness (QED) is 0.926. The predicted octanol–water partition coefficient (Wildman–Crippen LogP) is 3.29. The first kappa shape index (κ1) is 13.3. The summed E-state index contributed by atoms with van der Waals surface area (Å²) in [5, 5.41) is 8.07. The molecule has 2 N–H and O–H groups in total. The molecule has 4 nitrogen and oxygen atoms in total. The lowest BCUT2D eigenvalue weighted by molar-refractivity contribution is 0.443. The molecule has 0 saturated heterocycles. The summed E-state index contributed by atoms with van der Waals surface area (Å²) in [4.78, 5) is 0. The van der Waals surface area contributed by atoms with Crippen molar-refractivity contribution in [2.75, 3.05) is 6.54 Å². The molecule has 3 rings (SSSR count). The number of rotatable bonds is 4. The normalized spacial score (nSPS) is 16.4. The van der Waals surface area contributed by atoms with Crippen LogP contribution in [0.15, 0.2) is 28.7 Å². The number of benzene rings is 1. The van der Waals surface area contributed by atoms with Gasteiger partial charge in [0, 0.05) is 18.5 Å². The van der Waals surface area contributed by atoms with Crippen molar-refractivity contribution < 1.29 is 4.42 Å². The van der Waals surface area contributed by atoms with Crippen LogP contribution >= 0.6 is 0 Å². The van der Waals surface area contributed by atoms with Crippen molar-refractivity contribution in [2.45, 2.75) is 44.4 Å². The Kier molecular flexibility index (Phi) is 4.11. The zero-order chi connectivity index (χ0) is 13.8. The molecule has 1 fully saturated rings. The molecule has 1 aromatic heterocycles. The van der Waals surface area contributed by atoms with Crippen molar-refractivity contribution in [3.05, 3.63) is 35.7 Å². The van der Waals surface area contributed by atoms with Gasteiger partial charge in [-0.15, -0.1) is 10.2 Å². The SMILES string of the molecule is NCCc1nnc(-c2ccc(C3CCCCC3)cc2)o1. The van der Waals surface area contributed by atoms with Crippen LogP contribution in [0.1, 0.15) is 49.5 Å². The minimum Gasteiger partial charge on any atom is -0.421 e. The molecule has 4 heteroatoms. The Morgan fingerprint density at radius 3 is 2.50 bits per heavy atom. The Balaban J connectivity index is 1.74. The second-order valence-corrected chi connectivity index (χ2v) is 5.50. The van der Waals surface area contributed by atoms with Crippen molar-refractivity contribution >= 4 is 0 Å². The maximum atomic E-state index is 5.59. The molecule has 1 aliphatic rings. The minimum absolute atomic E-state index is 0.530. The molecule has 2 aromatic rings. The van der Waals surface area contributed by atoms with Crippen LogP contribution in [0.25, 0.3) is 11.5 Å². The third kappa shape index (κ3) is 2.90. The van der Waals surface area contributed by atoms with Gasteiger partial charge in [0.25, 0.3) is 0 Å². The maximum absolute atomic E-state index is 5.59. The molecule has 0 bridgehead atoms. The lowest BCUT2D eigenvalue weighted by Gasteiger charge is -2.21. The standard InChI is InChI=1S/C16H21N3O/c17-11-10-15-18-19-16(20-15)14-8-6-13(7-9-14)12-4-2-1-3-5-12/h6-9,12H,1-5,10-11,17H2. The van der Waals surface area contributed by atoms with E-state index < -0.39 is 0 Å². The molecule has 0 unspecified atom stereocenters. The molecular weight excluding hydrogens is 250 g/mol. The smallest absolute Gasteiger partial charge is 0.247 e. The second-order valence-electron chi connectivity index (χ2n) is 5.50. The monoisotopic (exact) mass is 271 g/mol. The highest BCUT2D eigenvalue weighted by atomic mass is 16.4. The lowest BCUT2D eigenvalue weighted by Crippen LogP contribution is -2.04. The van der Waals surface area contributed by atoms with Crippen LogP contribution in [0.5, 0.6) is 0 Å². The summed E-state index contributed by atoms with van der Waals surface area (Å²) < 4.78 is 5.59. The molecule has 106 valence electrons. The molecule has 1 saturated carbocycles. The van der Waals surface area contributed by atoms with Crippen LogP contribution in [0.4, 0.5) is 0 Å². The van der Waals surface area contributed by atoms with Gasteiger partial charge in [0.15, 0.2) is 0 Å². The first-order valence-corrected chi connectivity index (χ1v) is 7.49. The van der Waals surface area contributed by atoms with E-state index in [4.69, 9.17) is 10.2 Å². The third-order valence-corrected chi connectivity index (χ3v) is 4.06. The third-order valence-electron chi connectivity index (χ3n) is 4.06. The number of hydrogen-bond donors (Lipinski definition) is 1. The second kappa shape index (κ2) is 6.18. The minimum atomic E-state index is 0.530. The highest BCUT2D eigenvalue weighted by Gasteiger charge is 2.16. The summed E-state index contributed by atoms with van der Waals surface area (Å²) in [5.41, 5.74) is 7.91. The van der Waals surface area contributed by atoms with Crippen LogP contribution in [0.2, 0.25) is 0 Å². The molecule has 0 spiro atoms. The predicted molar refractivity (Wildman–Crippen MR) is 78.3 cm³/mol. The number of aromatic nitrogens is 2. The summed E-state index contributed by atoms with van der Waals surface area (Å²) in [6.07, 6.45) is 7.38. The number of nitrogens with zero attached hydrogens (tertiary/aromatic N) is 2. The number of nitrogens with two attached hydrogens (primary N) is 1. The van der Waals surface area contributed by atoms with E-state index in [2.05, 4.69) is 34.5 Å². The van der Waals surface area contributed by atoms with Crippen molar-refractivity contribution in [1.29, 1.82) is 0 Å². The molecule has 20 heavy (non-hydrogen) atoms. The van der Waals surface area contributed by atoms with Crippen LogP contribution in [0.3, 0.4) is 0 Å². The van der Waals surface area contributed by atoms with Gasteiger partial charge >= 0.3 is 0 Å². The van der Waals surface area contributed by atoms with E-state index in [-0.39, 0.29) is 0 Å². The zero-order valence-corrected chi connectivity index (χ0v) is 11.7. The summed E-state index contributed by atoms with van der Waals surface area (Å²) in [6.45, 7) is 0.530. The van der Waals surface area contributed by atoms with Gasteiger partial charge in [-0.2, -0.15) is 0 Å². The van der Waals surface area contributed by atoms with Crippen LogP contribution in [-0.2, 0) is 6.42 Å². The Labute approximate surface area is 119 Å². The Bertz CT molecular complexity index is 541. The highest BCUT2D eigenvalue weighted by Crippen LogP contribution is 2.33. The van der Waals surface area contributed by atoms with Crippen molar-refractivity contribution in [3.8, 4) is 11.5 Å². The van der Waals surface area contributed by atoms with Gasteiger partial charge < -0.3 is 10.2 Å². The van der Waals surface area contributed by atoms with E-state index >= 15 is 0 Å². The van der Waals surface area contributed by atoms with Gasteiger partial charge in [0.2, 0.25) is 11.8 Å². The van der Waals surface area contributed by atoms with Gasteiger partial charge in [0.05, 0.1) is 0 Å². The topological polar surface area (TPSA) is 64.9 Å². The molecule has 0 radical (unpaired) electrons. The fourth-order valence-corrected chi connectivity index (χ4v) is 2.93. The van der Waals surface area contributed by atoms with Crippen molar-refractivity contribution in [2.24, 2.45) is 5.73 Å². The van der Waals surface area contributed by atoms with Gasteiger partial charge in [-0.25, -0.2) is 0 Å². The Morgan fingerprint density at radius 1 is 1.05 bits per heavy atom. The fraction of sp³-hybridized carbons (Fsp3) is 0.500. The first-order chi connectivity index (χ1) is 9.86. The average molecular weight is 271 g/mol. The van der Waals surface area contributed by atoms with E-state index in [0.29, 0.717) is 24.7 Å². The van der Waals surface area contributed by atoms with Crippen LogP contribution < -0.4 is 5.73 Å². The summed E-state index contributed by atoms with van der Waals surface area (Å²) >= 11 is 0. The van der Waals surface area contributed by atoms with E-state index in [0.717, 1.165) is 11.5 Å². The summed E-state index contributed by atoms with van der Waals surface area (Å²) in [6, 6.07) is 8.59. The van der Waals surface area contributed by atoms with Gasteiger partial charge in [-0.05, 0) is 36.5 Å². The summed E-state index contributed by atoms with van der Waals surface area (Å²) in [5.74, 6) is 1.93.